The first-order valence-corrected chi connectivity index (χ1v) is 7.75. The minimum atomic E-state index is 0.194. The molecule has 1 unspecified atom stereocenters. The lowest BCUT2D eigenvalue weighted by atomic mass is 9.74. The van der Waals surface area contributed by atoms with E-state index in [0.29, 0.717) is 6.04 Å². The molecule has 2 aliphatic rings. The van der Waals surface area contributed by atoms with Crippen molar-refractivity contribution in [2.24, 2.45) is 0 Å². The first-order chi connectivity index (χ1) is 9.67. The second-order valence-electron chi connectivity index (χ2n) is 6.61. The van der Waals surface area contributed by atoms with Gasteiger partial charge in [0.2, 0.25) is 0 Å². The molecule has 0 radical (unpaired) electrons. The third-order valence-electron chi connectivity index (χ3n) is 5.32. The van der Waals surface area contributed by atoms with Crippen LogP contribution in [-0.4, -0.2) is 21.8 Å². The Hall–Kier alpha value is -1.35. The fourth-order valence-electron chi connectivity index (χ4n) is 3.73. The second-order valence-corrected chi connectivity index (χ2v) is 6.61. The van der Waals surface area contributed by atoms with Crippen LogP contribution in [0, 0.1) is 13.8 Å². The van der Waals surface area contributed by atoms with Crippen molar-refractivity contribution in [3.63, 3.8) is 0 Å². The average molecular weight is 270 g/mol. The van der Waals surface area contributed by atoms with Gasteiger partial charge >= 0.3 is 0 Å². The number of rotatable bonds is 1. The number of nitrogens with zero attached hydrogens (tertiary/aromatic N) is 2. The molecule has 1 aromatic heterocycles. The lowest BCUT2D eigenvalue weighted by molar-refractivity contribution is -0.140. The predicted octanol–water partition coefficient (Wildman–Crippen LogP) is 3.93. The van der Waals surface area contributed by atoms with Gasteiger partial charge in [-0.3, -0.25) is 0 Å². The molecule has 1 aliphatic carbocycles. The van der Waals surface area contributed by atoms with E-state index in [4.69, 9.17) is 4.74 Å². The molecule has 2 heterocycles. The maximum absolute atomic E-state index is 6.05. The van der Waals surface area contributed by atoms with Crippen LogP contribution in [0.2, 0.25) is 0 Å². The molecule has 0 bridgehead atoms. The number of fused-ring (bicyclic) bond motifs is 1. The second kappa shape index (κ2) is 4.32. The van der Waals surface area contributed by atoms with Crippen LogP contribution in [0.25, 0.3) is 11.0 Å². The SMILES string of the molecule is Cc1cc2ncn(C3CCOC4(CCC4)C3)c2cc1C. The maximum atomic E-state index is 6.05. The molecule has 20 heavy (non-hydrogen) atoms. The number of aryl methyl sites for hydroxylation is 2. The van der Waals surface area contributed by atoms with Crippen LogP contribution in [-0.2, 0) is 4.74 Å². The summed E-state index contributed by atoms with van der Waals surface area (Å²) < 4.78 is 8.44. The van der Waals surface area contributed by atoms with E-state index >= 15 is 0 Å². The summed E-state index contributed by atoms with van der Waals surface area (Å²) in [5, 5.41) is 0. The van der Waals surface area contributed by atoms with Gasteiger partial charge in [-0.2, -0.15) is 0 Å². The van der Waals surface area contributed by atoms with Crippen LogP contribution < -0.4 is 0 Å². The molecule has 2 fully saturated rings. The Morgan fingerprint density at radius 2 is 2.05 bits per heavy atom. The topological polar surface area (TPSA) is 27.1 Å². The van der Waals surface area contributed by atoms with E-state index in [2.05, 4.69) is 35.5 Å². The first kappa shape index (κ1) is 12.4. The van der Waals surface area contributed by atoms with Crippen LogP contribution >= 0.6 is 0 Å². The van der Waals surface area contributed by atoms with Crippen LogP contribution in [0.5, 0.6) is 0 Å². The van der Waals surface area contributed by atoms with Crippen molar-refractivity contribution in [3.8, 4) is 0 Å². The van der Waals surface area contributed by atoms with Crippen molar-refractivity contribution in [1.29, 1.82) is 0 Å². The van der Waals surface area contributed by atoms with Gasteiger partial charge in [-0.25, -0.2) is 4.98 Å². The average Bonchev–Trinajstić information content (AvgIpc) is 2.80. The number of hydrogen-bond acceptors (Lipinski definition) is 2. The molecule has 0 N–H and O–H groups in total. The van der Waals surface area contributed by atoms with Crippen molar-refractivity contribution in [1.82, 2.24) is 9.55 Å². The minimum Gasteiger partial charge on any atom is -0.375 e. The standard InChI is InChI=1S/C17H22N2O/c1-12-8-15-16(9-13(12)2)19(11-18-15)14-4-7-20-17(10-14)5-3-6-17/h8-9,11,14H,3-7,10H2,1-2H3. The van der Waals surface area contributed by atoms with Gasteiger partial charge in [0.05, 0.1) is 23.0 Å². The van der Waals surface area contributed by atoms with Crippen LogP contribution in [0.1, 0.15) is 49.3 Å². The Balaban J connectivity index is 1.72. The molecule has 4 rings (SSSR count). The van der Waals surface area contributed by atoms with Crippen LogP contribution in [0.4, 0.5) is 0 Å². The predicted molar refractivity (Wildman–Crippen MR) is 80.0 cm³/mol. The van der Waals surface area contributed by atoms with Gasteiger partial charge < -0.3 is 9.30 Å². The summed E-state index contributed by atoms with van der Waals surface area (Å²) in [5.74, 6) is 0. The quantitative estimate of drug-likeness (QED) is 0.785. The monoisotopic (exact) mass is 270 g/mol. The first-order valence-electron chi connectivity index (χ1n) is 7.75. The number of ether oxygens (including phenoxy) is 1. The van der Waals surface area contributed by atoms with Crippen LogP contribution in [0.15, 0.2) is 18.5 Å². The summed E-state index contributed by atoms with van der Waals surface area (Å²) in [6.45, 7) is 5.24. The Morgan fingerprint density at radius 3 is 2.80 bits per heavy atom. The zero-order valence-electron chi connectivity index (χ0n) is 12.4. The number of hydrogen-bond donors (Lipinski definition) is 0. The molecule has 1 saturated heterocycles. The molecular formula is C17H22N2O. The van der Waals surface area contributed by atoms with Crippen LogP contribution in [0.3, 0.4) is 0 Å². The van der Waals surface area contributed by atoms with E-state index in [1.165, 1.54) is 35.9 Å². The number of imidazole rings is 1. The Morgan fingerprint density at radius 1 is 1.25 bits per heavy atom. The van der Waals surface area contributed by atoms with Gasteiger partial charge in [-0.15, -0.1) is 0 Å². The highest BCUT2D eigenvalue weighted by Crippen LogP contribution is 2.46. The molecule has 1 atom stereocenters. The third kappa shape index (κ3) is 1.80. The smallest absolute Gasteiger partial charge is 0.0960 e. The Kier molecular flexibility index (Phi) is 2.68. The summed E-state index contributed by atoms with van der Waals surface area (Å²) in [7, 11) is 0. The Bertz CT molecular complexity index is 654. The molecule has 1 saturated carbocycles. The van der Waals surface area contributed by atoms with Crippen molar-refractivity contribution in [2.75, 3.05) is 6.61 Å². The molecule has 1 aromatic carbocycles. The van der Waals surface area contributed by atoms with Crippen molar-refractivity contribution in [3.05, 3.63) is 29.6 Å². The zero-order chi connectivity index (χ0) is 13.7. The third-order valence-corrected chi connectivity index (χ3v) is 5.32. The normalized spacial score (nSPS) is 25.0. The van der Waals surface area contributed by atoms with E-state index in [1.807, 2.05) is 6.33 Å². The molecule has 1 spiro atoms. The molecule has 3 heteroatoms. The van der Waals surface area contributed by atoms with E-state index < -0.39 is 0 Å². The summed E-state index contributed by atoms with van der Waals surface area (Å²) in [6.07, 6.45) is 8.12. The Labute approximate surface area is 120 Å². The van der Waals surface area contributed by atoms with Gasteiger partial charge in [0.1, 0.15) is 0 Å². The zero-order valence-corrected chi connectivity index (χ0v) is 12.4. The van der Waals surface area contributed by atoms with E-state index in [-0.39, 0.29) is 5.60 Å². The summed E-state index contributed by atoms with van der Waals surface area (Å²) in [5.41, 5.74) is 5.28. The van der Waals surface area contributed by atoms with Crippen molar-refractivity contribution >= 4 is 11.0 Å². The van der Waals surface area contributed by atoms with E-state index in [0.717, 1.165) is 25.0 Å². The maximum Gasteiger partial charge on any atom is 0.0960 e. The van der Waals surface area contributed by atoms with Crippen molar-refractivity contribution < 1.29 is 4.74 Å². The lowest BCUT2D eigenvalue weighted by Crippen LogP contribution is -2.45. The highest BCUT2D eigenvalue weighted by Gasteiger charge is 2.43. The highest BCUT2D eigenvalue weighted by atomic mass is 16.5. The van der Waals surface area contributed by atoms with Gasteiger partial charge in [0, 0.05) is 12.6 Å². The fraction of sp³-hybridized carbons (Fsp3) is 0.588. The summed E-state index contributed by atoms with van der Waals surface area (Å²) in [4.78, 5) is 4.61. The lowest BCUT2D eigenvalue weighted by Gasteiger charge is -2.47. The summed E-state index contributed by atoms with van der Waals surface area (Å²) in [6, 6.07) is 5.05. The van der Waals surface area contributed by atoms with Gasteiger partial charge in [-0.05, 0) is 69.2 Å². The molecule has 1 aliphatic heterocycles. The molecule has 0 amide bonds. The van der Waals surface area contributed by atoms with E-state index in [1.54, 1.807) is 0 Å². The number of aromatic nitrogens is 2. The summed E-state index contributed by atoms with van der Waals surface area (Å²) >= 11 is 0. The molecular weight excluding hydrogens is 248 g/mol. The number of benzene rings is 1. The molecule has 2 aromatic rings. The molecule has 3 nitrogen and oxygen atoms in total. The van der Waals surface area contributed by atoms with E-state index in [9.17, 15) is 0 Å². The van der Waals surface area contributed by atoms with Gasteiger partial charge in [0.15, 0.2) is 0 Å². The molecule has 106 valence electrons. The fourth-order valence-corrected chi connectivity index (χ4v) is 3.73. The largest absolute Gasteiger partial charge is 0.375 e. The highest BCUT2D eigenvalue weighted by molar-refractivity contribution is 5.77. The van der Waals surface area contributed by atoms with Gasteiger partial charge in [-0.1, -0.05) is 0 Å². The van der Waals surface area contributed by atoms with Gasteiger partial charge in [0.25, 0.3) is 0 Å². The minimum absolute atomic E-state index is 0.194. The van der Waals surface area contributed by atoms with Crippen molar-refractivity contribution in [2.45, 2.75) is 57.6 Å².